The number of rotatable bonds is 4. The first-order valence-corrected chi connectivity index (χ1v) is 9.13. The number of anilines is 2. The Labute approximate surface area is 165 Å². The summed E-state index contributed by atoms with van der Waals surface area (Å²) in [4.78, 5) is 25.3. The smallest absolute Gasteiger partial charge is 0.371 e. The Hall–Kier alpha value is -2.54. The molecule has 1 aliphatic heterocycles. The van der Waals surface area contributed by atoms with E-state index in [1.54, 1.807) is 12.1 Å². The molecule has 0 radical (unpaired) electrons. The lowest BCUT2D eigenvalue weighted by molar-refractivity contribution is -0.137. The van der Waals surface area contributed by atoms with Gasteiger partial charge in [-0.25, -0.2) is 0 Å². The van der Waals surface area contributed by atoms with E-state index in [9.17, 15) is 22.8 Å². The summed E-state index contributed by atoms with van der Waals surface area (Å²) in [7, 11) is 0. The van der Waals surface area contributed by atoms with Crippen molar-refractivity contribution in [3.8, 4) is 0 Å². The highest BCUT2D eigenvalue weighted by molar-refractivity contribution is 6.33. The summed E-state index contributed by atoms with van der Waals surface area (Å²) in [6, 6.07) is 10.0. The van der Waals surface area contributed by atoms with Crippen LogP contribution < -0.4 is 10.2 Å². The van der Waals surface area contributed by atoms with E-state index in [2.05, 4.69) is 10.2 Å². The van der Waals surface area contributed by atoms with Crippen LogP contribution in [-0.4, -0.2) is 25.3 Å². The Kier molecular flexibility index (Phi) is 5.93. The van der Waals surface area contributed by atoms with Gasteiger partial charge in [0.2, 0.25) is 5.91 Å². The maximum absolute atomic E-state index is 12.9. The van der Waals surface area contributed by atoms with Gasteiger partial charge < -0.3 is 10.2 Å². The van der Waals surface area contributed by atoms with Gasteiger partial charge in [0.25, 0.3) is 0 Å². The molecule has 8 heteroatoms. The Morgan fingerprint density at radius 3 is 2.32 bits per heavy atom. The van der Waals surface area contributed by atoms with E-state index in [0.717, 1.165) is 30.2 Å². The Morgan fingerprint density at radius 1 is 1.11 bits per heavy atom. The Bertz CT molecular complexity index is 861. The molecule has 1 N–H and O–H groups in total. The largest absolute Gasteiger partial charge is 0.416 e. The first kappa shape index (κ1) is 20.2. The zero-order chi connectivity index (χ0) is 20.3. The second-order valence-electron chi connectivity index (χ2n) is 6.65. The van der Waals surface area contributed by atoms with Crippen LogP contribution in [0.4, 0.5) is 24.5 Å². The number of aldehydes is 1. The van der Waals surface area contributed by atoms with Crippen molar-refractivity contribution in [1.82, 2.24) is 0 Å². The van der Waals surface area contributed by atoms with Crippen LogP contribution in [0.3, 0.4) is 0 Å². The van der Waals surface area contributed by atoms with Crippen molar-refractivity contribution in [1.29, 1.82) is 0 Å². The molecule has 28 heavy (non-hydrogen) atoms. The topological polar surface area (TPSA) is 49.4 Å². The van der Waals surface area contributed by atoms with Crippen LogP contribution in [0.25, 0.3) is 0 Å². The lowest BCUT2D eigenvalue weighted by Crippen LogP contribution is -2.38. The van der Waals surface area contributed by atoms with Crippen molar-refractivity contribution in [3.63, 3.8) is 0 Å². The molecule has 0 atom stereocenters. The summed E-state index contributed by atoms with van der Waals surface area (Å²) in [5.41, 5.74) is 0.663. The number of nitrogens with one attached hydrogen (secondary N) is 1. The van der Waals surface area contributed by atoms with Crippen molar-refractivity contribution >= 4 is 35.2 Å². The summed E-state index contributed by atoms with van der Waals surface area (Å²) >= 11 is 5.94. The lowest BCUT2D eigenvalue weighted by Gasteiger charge is -2.33. The van der Waals surface area contributed by atoms with E-state index in [1.165, 1.54) is 0 Å². The summed E-state index contributed by atoms with van der Waals surface area (Å²) < 4.78 is 38.6. The fraction of sp³-hybridized carbons (Fsp3) is 0.300. The zero-order valence-corrected chi connectivity index (χ0v) is 15.6. The van der Waals surface area contributed by atoms with E-state index >= 15 is 0 Å². The maximum Gasteiger partial charge on any atom is 0.416 e. The second kappa shape index (κ2) is 8.22. The number of piperidine rings is 1. The van der Waals surface area contributed by atoms with E-state index < -0.39 is 11.7 Å². The van der Waals surface area contributed by atoms with Gasteiger partial charge in [0.15, 0.2) is 0 Å². The molecule has 0 unspecified atom stereocenters. The van der Waals surface area contributed by atoms with Crippen LogP contribution in [0.15, 0.2) is 42.5 Å². The highest BCUT2D eigenvalue weighted by Crippen LogP contribution is 2.34. The maximum atomic E-state index is 12.9. The quantitative estimate of drug-likeness (QED) is 0.719. The van der Waals surface area contributed by atoms with Crippen LogP contribution in [0.5, 0.6) is 0 Å². The molecule has 1 aliphatic rings. The van der Waals surface area contributed by atoms with Crippen LogP contribution in [0, 0.1) is 5.92 Å². The minimum absolute atomic E-state index is 0.0339. The Morgan fingerprint density at radius 2 is 1.75 bits per heavy atom. The molecule has 1 heterocycles. The van der Waals surface area contributed by atoms with Crippen molar-refractivity contribution in [2.45, 2.75) is 19.0 Å². The zero-order valence-electron chi connectivity index (χ0n) is 14.8. The highest BCUT2D eigenvalue weighted by atomic mass is 35.5. The SMILES string of the molecule is O=Cc1ccc(N2CCC(C(=O)Nc3cc(C(F)(F)F)ccc3Cl)CC2)cc1. The molecule has 0 aromatic heterocycles. The van der Waals surface area contributed by atoms with Crippen molar-refractivity contribution in [3.05, 3.63) is 58.6 Å². The molecule has 3 rings (SSSR count). The van der Waals surface area contributed by atoms with Gasteiger partial charge in [-0.3, -0.25) is 9.59 Å². The van der Waals surface area contributed by atoms with Gasteiger partial charge in [-0.2, -0.15) is 13.2 Å². The van der Waals surface area contributed by atoms with E-state index in [4.69, 9.17) is 11.6 Å². The fourth-order valence-corrected chi connectivity index (χ4v) is 3.36. The third-order valence-corrected chi connectivity index (χ3v) is 5.14. The number of nitrogens with zero attached hydrogens (tertiary/aromatic N) is 1. The predicted octanol–water partition coefficient (Wildman–Crippen LogP) is 5.03. The second-order valence-corrected chi connectivity index (χ2v) is 7.06. The van der Waals surface area contributed by atoms with Gasteiger partial charge in [-0.15, -0.1) is 0 Å². The van der Waals surface area contributed by atoms with Crippen molar-refractivity contribution < 1.29 is 22.8 Å². The number of alkyl halides is 3. The standard InChI is InChI=1S/C20H18ClF3N2O2/c21-17-6-3-15(20(22,23)24)11-18(17)25-19(28)14-7-9-26(10-8-14)16-4-1-13(12-27)2-5-16/h1-6,11-12,14H,7-10H2,(H,25,28). The van der Waals surface area contributed by atoms with Crippen LogP contribution >= 0.6 is 11.6 Å². The average molecular weight is 411 g/mol. The monoisotopic (exact) mass is 410 g/mol. The number of amides is 1. The molecule has 2 aromatic rings. The molecular weight excluding hydrogens is 393 g/mol. The number of carbonyl (C=O) groups is 2. The minimum atomic E-state index is -4.51. The van der Waals surface area contributed by atoms with Crippen molar-refractivity contribution in [2.24, 2.45) is 5.92 Å². The number of hydrogen-bond acceptors (Lipinski definition) is 3. The van der Waals surface area contributed by atoms with Gasteiger partial charge in [0.1, 0.15) is 6.29 Å². The van der Waals surface area contributed by atoms with Crippen molar-refractivity contribution in [2.75, 3.05) is 23.3 Å². The predicted molar refractivity (Wildman–Crippen MR) is 102 cm³/mol. The van der Waals surface area contributed by atoms with Crippen LogP contribution in [-0.2, 0) is 11.0 Å². The summed E-state index contributed by atoms with van der Waals surface area (Å²) in [5, 5.41) is 2.60. The number of carbonyl (C=O) groups excluding carboxylic acids is 2. The molecule has 4 nitrogen and oxygen atoms in total. The highest BCUT2D eigenvalue weighted by Gasteiger charge is 2.32. The fourth-order valence-electron chi connectivity index (χ4n) is 3.20. The third-order valence-electron chi connectivity index (χ3n) is 4.81. The van der Waals surface area contributed by atoms with E-state index in [1.807, 2.05) is 12.1 Å². The van der Waals surface area contributed by atoms with E-state index in [-0.39, 0.29) is 22.5 Å². The normalized spacial score (nSPS) is 15.4. The van der Waals surface area contributed by atoms with Gasteiger partial charge in [-0.1, -0.05) is 11.6 Å². The van der Waals surface area contributed by atoms with Gasteiger partial charge in [0, 0.05) is 30.3 Å². The van der Waals surface area contributed by atoms with Gasteiger partial charge >= 0.3 is 6.18 Å². The first-order valence-electron chi connectivity index (χ1n) is 8.76. The molecule has 2 aromatic carbocycles. The number of hydrogen-bond donors (Lipinski definition) is 1. The summed E-state index contributed by atoms with van der Waals surface area (Å²) in [5.74, 6) is -0.645. The third kappa shape index (κ3) is 4.65. The molecule has 0 spiro atoms. The number of halogens is 4. The van der Waals surface area contributed by atoms with Crippen LogP contribution in [0.1, 0.15) is 28.8 Å². The van der Waals surface area contributed by atoms with E-state index in [0.29, 0.717) is 31.5 Å². The molecule has 0 saturated carbocycles. The average Bonchev–Trinajstić information content (AvgIpc) is 2.69. The molecule has 0 aliphatic carbocycles. The molecule has 0 bridgehead atoms. The Balaban J connectivity index is 1.62. The molecule has 148 valence electrons. The molecular formula is C20H18ClF3N2O2. The molecule has 1 fully saturated rings. The number of benzene rings is 2. The van der Waals surface area contributed by atoms with Gasteiger partial charge in [0.05, 0.1) is 16.3 Å². The molecule has 1 amide bonds. The molecule has 1 saturated heterocycles. The van der Waals surface area contributed by atoms with Gasteiger partial charge in [-0.05, 0) is 55.3 Å². The summed E-state index contributed by atoms with van der Waals surface area (Å²) in [6.07, 6.45) is -2.59. The minimum Gasteiger partial charge on any atom is -0.371 e. The van der Waals surface area contributed by atoms with Crippen LogP contribution in [0.2, 0.25) is 5.02 Å². The lowest BCUT2D eigenvalue weighted by atomic mass is 9.95. The first-order chi connectivity index (χ1) is 13.3. The summed E-state index contributed by atoms with van der Waals surface area (Å²) in [6.45, 7) is 1.27.